The number of alkyl halides is 1. The highest BCUT2D eigenvalue weighted by molar-refractivity contribution is 9.09. The third kappa shape index (κ3) is 3.07. The Balaban J connectivity index is 2.91. The number of ether oxygens (including phenoxy) is 1. The molecule has 0 spiro atoms. The molecule has 1 aromatic heterocycles. The Hall–Kier alpha value is -0.840. The van der Waals surface area contributed by atoms with Gasteiger partial charge in [0.05, 0.1) is 19.0 Å². The summed E-state index contributed by atoms with van der Waals surface area (Å²) in [7, 11) is 2.00. The summed E-state index contributed by atoms with van der Waals surface area (Å²) in [6, 6.07) is 0. The van der Waals surface area contributed by atoms with E-state index in [1.807, 2.05) is 14.0 Å². The summed E-state index contributed by atoms with van der Waals surface area (Å²) < 4.78 is 5.33. The van der Waals surface area contributed by atoms with Crippen molar-refractivity contribution in [3.05, 3.63) is 12.4 Å². The van der Waals surface area contributed by atoms with Crippen molar-refractivity contribution < 1.29 is 4.74 Å². The van der Waals surface area contributed by atoms with Crippen LogP contribution in [0.15, 0.2) is 12.4 Å². The van der Waals surface area contributed by atoms with E-state index in [1.165, 1.54) is 0 Å². The van der Waals surface area contributed by atoms with Gasteiger partial charge in [-0.2, -0.15) is 4.98 Å². The molecule has 5 heteroatoms. The van der Waals surface area contributed by atoms with Gasteiger partial charge in [0.2, 0.25) is 5.88 Å². The maximum atomic E-state index is 5.33. The highest BCUT2D eigenvalue weighted by Gasteiger charge is 2.23. The van der Waals surface area contributed by atoms with E-state index >= 15 is 0 Å². The van der Waals surface area contributed by atoms with Gasteiger partial charge in [0.1, 0.15) is 0 Å². The molecule has 0 unspecified atom stereocenters. The summed E-state index contributed by atoms with van der Waals surface area (Å²) in [6.07, 6.45) is 3.37. The number of rotatable bonds is 5. The Morgan fingerprint density at radius 2 is 2.12 bits per heavy atom. The van der Waals surface area contributed by atoms with Gasteiger partial charge < -0.3 is 9.64 Å². The smallest absolute Gasteiger partial charge is 0.234 e. The lowest BCUT2D eigenvalue weighted by atomic mass is 10.1. The predicted octanol–water partition coefficient (Wildman–Crippen LogP) is 2.49. The van der Waals surface area contributed by atoms with Crippen LogP contribution in [-0.2, 0) is 0 Å². The molecule has 0 atom stereocenters. The zero-order valence-corrected chi connectivity index (χ0v) is 11.8. The van der Waals surface area contributed by atoms with Crippen molar-refractivity contribution in [2.24, 2.45) is 0 Å². The van der Waals surface area contributed by atoms with Crippen molar-refractivity contribution >= 4 is 21.7 Å². The fourth-order valence-electron chi connectivity index (χ4n) is 1.12. The van der Waals surface area contributed by atoms with Crippen molar-refractivity contribution in [3.63, 3.8) is 0 Å². The van der Waals surface area contributed by atoms with Gasteiger partial charge in [-0.3, -0.25) is 4.98 Å². The average Bonchev–Trinajstić information content (AvgIpc) is 2.29. The van der Waals surface area contributed by atoms with Crippen molar-refractivity contribution in [2.45, 2.75) is 26.3 Å². The largest absolute Gasteiger partial charge is 0.477 e. The van der Waals surface area contributed by atoms with Crippen molar-refractivity contribution in [3.8, 4) is 5.88 Å². The second-order valence-corrected chi connectivity index (χ2v) is 4.71. The Morgan fingerprint density at radius 3 is 2.69 bits per heavy atom. The minimum absolute atomic E-state index is 0.0144. The monoisotopic (exact) mass is 287 g/mol. The standard InChI is InChI=1S/C11H18BrN3O/c1-5-16-10-7-13-6-9(14-10)15(4)11(2,3)8-12/h6-7H,5,8H2,1-4H3. The molecule has 0 aromatic carbocycles. The van der Waals surface area contributed by atoms with E-state index in [0.29, 0.717) is 12.5 Å². The third-order valence-electron chi connectivity index (χ3n) is 2.47. The van der Waals surface area contributed by atoms with Crippen molar-refractivity contribution in [1.82, 2.24) is 9.97 Å². The summed E-state index contributed by atoms with van der Waals surface area (Å²) in [6.45, 7) is 6.80. The normalized spacial score (nSPS) is 11.3. The maximum absolute atomic E-state index is 5.33. The molecule has 16 heavy (non-hydrogen) atoms. The van der Waals surface area contributed by atoms with Crippen LogP contribution in [0, 0.1) is 0 Å². The first kappa shape index (κ1) is 13.2. The summed E-state index contributed by atoms with van der Waals surface area (Å²) in [5, 5.41) is 0.858. The SMILES string of the molecule is CCOc1cncc(N(C)C(C)(C)CBr)n1. The second kappa shape index (κ2) is 5.48. The molecule has 0 N–H and O–H groups in total. The number of halogens is 1. The molecule has 0 aliphatic heterocycles. The second-order valence-electron chi connectivity index (χ2n) is 4.15. The van der Waals surface area contributed by atoms with Crippen LogP contribution in [0.25, 0.3) is 0 Å². The predicted molar refractivity (Wildman–Crippen MR) is 69.5 cm³/mol. The van der Waals surface area contributed by atoms with Gasteiger partial charge in [0.25, 0.3) is 0 Å². The van der Waals surface area contributed by atoms with Crippen LogP contribution in [0.4, 0.5) is 5.82 Å². The number of anilines is 1. The molecule has 0 fully saturated rings. The van der Waals surface area contributed by atoms with E-state index in [2.05, 4.69) is 44.6 Å². The quantitative estimate of drug-likeness (QED) is 0.780. The van der Waals surface area contributed by atoms with Gasteiger partial charge in [0.15, 0.2) is 5.82 Å². The minimum Gasteiger partial charge on any atom is -0.477 e. The zero-order valence-electron chi connectivity index (χ0n) is 10.2. The molecule has 0 radical (unpaired) electrons. The fraction of sp³-hybridized carbons (Fsp3) is 0.636. The van der Waals surface area contributed by atoms with Gasteiger partial charge >= 0.3 is 0 Å². The summed E-state index contributed by atoms with van der Waals surface area (Å²) in [5.41, 5.74) is -0.0144. The molecular formula is C11H18BrN3O. The van der Waals surface area contributed by atoms with E-state index in [4.69, 9.17) is 4.74 Å². The molecule has 1 rings (SSSR count). The van der Waals surface area contributed by atoms with E-state index in [9.17, 15) is 0 Å². The molecule has 0 aliphatic rings. The van der Waals surface area contributed by atoms with Crippen LogP contribution in [0.5, 0.6) is 5.88 Å². The van der Waals surface area contributed by atoms with Crippen LogP contribution >= 0.6 is 15.9 Å². The molecule has 1 heterocycles. The molecular weight excluding hydrogens is 270 g/mol. The third-order valence-corrected chi connectivity index (χ3v) is 3.84. The summed E-state index contributed by atoms with van der Waals surface area (Å²) in [5.74, 6) is 1.38. The Bertz CT molecular complexity index is 344. The molecule has 1 aromatic rings. The average molecular weight is 288 g/mol. The first-order valence-electron chi connectivity index (χ1n) is 5.26. The molecule has 4 nitrogen and oxygen atoms in total. The van der Waals surface area contributed by atoms with Crippen LogP contribution in [0.2, 0.25) is 0 Å². The maximum Gasteiger partial charge on any atom is 0.234 e. The van der Waals surface area contributed by atoms with Gasteiger partial charge in [-0.15, -0.1) is 0 Å². The van der Waals surface area contributed by atoms with E-state index < -0.39 is 0 Å². The zero-order chi connectivity index (χ0) is 12.2. The minimum atomic E-state index is -0.0144. The van der Waals surface area contributed by atoms with E-state index in [0.717, 1.165) is 11.1 Å². The molecule has 0 bridgehead atoms. The highest BCUT2D eigenvalue weighted by Crippen LogP contribution is 2.22. The van der Waals surface area contributed by atoms with Crippen molar-refractivity contribution in [1.29, 1.82) is 0 Å². The van der Waals surface area contributed by atoms with Gasteiger partial charge in [0, 0.05) is 17.9 Å². The van der Waals surface area contributed by atoms with E-state index in [1.54, 1.807) is 12.4 Å². The Morgan fingerprint density at radius 1 is 1.44 bits per heavy atom. The van der Waals surface area contributed by atoms with Crippen LogP contribution in [-0.4, -0.2) is 34.5 Å². The van der Waals surface area contributed by atoms with Crippen molar-refractivity contribution in [2.75, 3.05) is 23.9 Å². The molecule has 0 aliphatic carbocycles. The van der Waals surface area contributed by atoms with Crippen LogP contribution in [0.1, 0.15) is 20.8 Å². The number of hydrogen-bond donors (Lipinski definition) is 0. The topological polar surface area (TPSA) is 38.2 Å². The highest BCUT2D eigenvalue weighted by atomic mass is 79.9. The number of aromatic nitrogens is 2. The van der Waals surface area contributed by atoms with E-state index in [-0.39, 0.29) is 5.54 Å². The molecule has 0 saturated carbocycles. The Kier molecular flexibility index (Phi) is 4.53. The van der Waals surface area contributed by atoms with Gasteiger partial charge in [-0.25, -0.2) is 0 Å². The summed E-state index contributed by atoms with van der Waals surface area (Å²) in [4.78, 5) is 10.6. The Labute approximate surface area is 105 Å². The first-order chi connectivity index (χ1) is 7.51. The molecule has 0 amide bonds. The fourth-order valence-corrected chi connectivity index (χ4v) is 1.49. The molecule has 0 saturated heterocycles. The number of hydrogen-bond acceptors (Lipinski definition) is 4. The molecule has 90 valence electrons. The van der Waals surface area contributed by atoms with Gasteiger partial charge in [-0.1, -0.05) is 15.9 Å². The van der Waals surface area contributed by atoms with Crippen LogP contribution < -0.4 is 9.64 Å². The summed E-state index contributed by atoms with van der Waals surface area (Å²) >= 11 is 3.50. The lowest BCUT2D eigenvalue weighted by Crippen LogP contribution is -2.43. The lowest BCUT2D eigenvalue weighted by molar-refractivity contribution is 0.325. The first-order valence-corrected chi connectivity index (χ1v) is 6.38. The lowest BCUT2D eigenvalue weighted by Gasteiger charge is -2.34. The van der Waals surface area contributed by atoms with Crippen LogP contribution in [0.3, 0.4) is 0 Å². The van der Waals surface area contributed by atoms with Gasteiger partial charge in [-0.05, 0) is 20.8 Å². The number of nitrogens with zero attached hydrogens (tertiary/aromatic N) is 3.